The lowest BCUT2D eigenvalue weighted by molar-refractivity contribution is 0.755. The summed E-state index contributed by atoms with van der Waals surface area (Å²) < 4.78 is 0. The van der Waals surface area contributed by atoms with Crippen LogP contribution >= 0.6 is 31.9 Å². The Morgan fingerprint density at radius 1 is 1.00 bits per heavy atom. The summed E-state index contributed by atoms with van der Waals surface area (Å²) in [7, 11) is 0. The van der Waals surface area contributed by atoms with Crippen molar-refractivity contribution < 1.29 is 0 Å². The highest BCUT2D eigenvalue weighted by molar-refractivity contribution is 9.09. The molecule has 0 aromatic heterocycles. The first-order valence-electron chi connectivity index (χ1n) is 5.98. The molecule has 0 saturated heterocycles. The number of rotatable bonds is 5. The van der Waals surface area contributed by atoms with Crippen LogP contribution in [0.1, 0.15) is 18.4 Å². The van der Waals surface area contributed by atoms with Crippen LogP contribution in [0.15, 0.2) is 42.5 Å². The van der Waals surface area contributed by atoms with Crippen LogP contribution in [0, 0.1) is 0 Å². The SMILES string of the molecule is BrCCCC(Br)Cc1cccc2ccccc12. The molecule has 2 aromatic carbocycles. The lowest BCUT2D eigenvalue weighted by Crippen LogP contribution is -2.03. The van der Waals surface area contributed by atoms with E-state index in [9.17, 15) is 0 Å². The van der Waals surface area contributed by atoms with Crippen molar-refractivity contribution in [3.05, 3.63) is 48.0 Å². The fourth-order valence-corrected chi connectivity index (χ4v) is 3.11. The molecule has 0 aliphatic carbocycles. The zero-order valence-corrected chi connectivity index (χ0v) is 12.9. The second-order valence-electron chi connectivity index (χ2n) is 4.27. The molecule has 0 bridgehead atoms. The minimum absolute atomic E-state index is 0.575. The third-order valence-electron chi connectivity index (χ3n) is 2.97. The van der Waals surface area contributed by atoms with Crippen molar-refractivity contribution in [2.75, 3.05) is 5.33 Å². The third-order valence-corrected chi connectivity index (χ3v) is 4.31. The lowest BCUT2D eigenvalue weighted by Gasteiger charge is -2.11. The highest BCUT2D eigenvalue weighted by atomic mass is 79.9. The van der Waals surface area contributed by atoms with E-state index >= 15 is 0 Å². The summed E-state index contributed by atoms with van der Waals surface area (Å²) in [4.78, 5) is 0.575. The molecule has 90 valence electrons. The van der Waals surface area contributed by atoms with E-state index in [2.05, 4.69) is 74.3 Å². The highest BCUT2D eigenvalue weighted by Gasteiger charge is 2.07. The third kappa shape index (κ3) is 3.56. The van der Waals surface area contributed by atoms with Crippen LogP contribution in [0.2, 0.25) is 0 Å². The normalized spacial score (nSPS) is 12.8. The molecule has 1 unspecified atom stereocenters. The number of halogens is 2. The number of fused-ring (bicyclic) bond motifs is 1. The summed E-state index contributed by atoms with van der Waals surface area (Å²) in [6.07, 6.45) is 3.55. The van der Waals surface area contributed by atoms with E-state index in [0.29, 0.717) is 4.83 Å². The molecule has 0 N–H and O–H groups in total. The van der Waals surface area contributed by atoms with Gasteiger partial charge in [0.2, 0.25) is 0 Å². The van der Waals surface area contributed by atoms with Crippen molar-refractivity contribution in [3.8, 4) is 0 Å². The first kappa shape index (κ1) is 13.1. The molecule has 0 nitrogen and oxygen atoms in total. The van der Waals surface area contributed by atoms with Crippen LogP contribution in [-0.4, -0.2) is 10.2 Å². The summed E-state index contributed by atoms with van der Waals surface area (Å²) in [5, 5.41) is 3.81. The summed E-state index contributed by atoms with van der Waals surface area (Å²) >= 11 is 7.26. The van der Waals surface area contributed by atoms with E-state index in [-0.39, 0.29) is 0 Å². The molecule has 0 amide bonds. The van der Waals surface area contributed by atoms with Crippen molar-refractivity contribution in [2.45, 2.75) is 24.1 Å². The first-order chi connectivity index (χ1) is 8.31. The molecule has 0 aliphatic heterocycles. The molecule has 17 heavy (non-hydrogen) atoms. The Bertz CT molecular complexity index is 474. The van der Waals surface area contributed by atoms with Crippen LogP contribution in [0.3, 0.4) is 0 Å². The number of hydrogen-bond donors (Lipinski definition) is 0. The minimum atomic E-state index is 0.575. The number of hydrogen-bond acceptors (Lipinski definition) is 0. The fourth-order valence-electron chi connectivity index (χ4n) is 2.11. The van der Waals surface area contributed by atoms with Crippen molar-refractivity contribution in [2.24, 2.45) is 0 Å². The largest absolute Gasteiger partial charge is 0.0928 e. The second kappa shape index (κ2) is 6.55. The predicted octanol–water partition coefficient (Wildman–Crippen LogP) is 5.32. The molecule has 0 aliphatic rings. The van der Waals surface area contributed by atoms with Gasteiger partial charge in [-0.25, -0.2) is 0 Å². The molecular formula is C15H16Br2. The van der Waals surface area contributed by atoms with Gasteiger partial charge in [-0.3, -0.25) is 0 Å². The summed E-state index contributed by atoms with van der Waals surface area (Å²) in [6, 6.07) is 15.2. The first-order valence-corrected chi connectivity index (χ1v) is 8.01. The van der Waals surface area contributed by atoms with Crippen LogP contribution in [0.4, 0.5) is 0 Å². The van der Waals surface area contributed by atoms with E-state index in [4.69, 9.17) is 0 Å². The maximum Gasteiger partial charge on any atom is 0.0186 e. The van der Waals surface area contributed by atoms with Gasteiger partial charge in [-0.1, -0.05) is 74.3 Å². The Balaban J connectivity index is 2.18. The van der Waals surface area contributed by atoms with E-state index in [1.54, 1.807) is 0 Å². The number of alkyl halides is 2. The van der Waals surface area contributed by atoms with Gasteiger partial charge in [0.05, 0.1) is 0 Å². The molecule has 2 aromatic rings. The molecule has 1 atom stereocenters. The van der Waals surface area contributed by atoms with Crippen LogP contribution in [0.5, 0.6) is 0 Å². The molecule has 2 rings (SSSR count). The van der Waals surface area contributed by atoms with Crippen molar-refractivity contribution in [3.63, 3.8) is 0 Å². The van der Waals surface area contributed by atoms with Gasteiger partial charge in [0.15, 0.2) is 0 Å². The topological polar surface area (TPSA) is 0 Å². The van der Waals surface area contributed by atoms with Gasteiger partial charge >= 0.3 is 0 Å². The predicted molar refractivity (Wildman–Crippen MR) is 83.4 cm³/mol. The Morgan fingerprint density at radius 3 is 2.59 bits per heavy atom. The van der Waals surface area contributed by atoms with Crippen molar-refractivity contribution >= 4 is 42.6 Å². The highest BCUT2D eigenvalue weighted by Crippen LogP contribution is 2.23. The second-order valence-corrected chi connectivity index (χ2v) is 6.36. The van der Waals surface area contributed by atoms with E-state index in [1.807, 2.05) is 0 Å². The van der Waals surface area contributed by atoms with Crippen molar-refractivity contribution in [1.82, 2.24) is 0 Å². The van der Waals surface area contributed by atoms with Crippen molar-refractivity contribution in [1.29, 1.82) is 0 Å². The van der Waals surface area contributed by atoms with Crippen LogP contribution < -0.4 is 0 Å². The zero-order chi connectivity index (χ0) is 12.1. The molecule has 0 saturated carbocycles. The van der Waals surface area contributed by atoms with Gasteiger partial charge in [0.25, 0.3) is 0 Å². The molecule has 0 heterocycles. The molecule has 0 fully saturated rings. The van der Waals surface area contributed by atoms with E-state index < -0.39 is 0 Å². The van der Waals surface area contributed by atoms with Gasteiger partial charge in [0.1, 0.15) is 0 Å². The summed E-state index contributed by atoms with van der Waals surface area (Å²) in [6.45, 7) is 0. The maximum absolute atomic E-state index is 3.78. The average molecular weight is 356 g/mol. The van der Waals surface area contributed by atoms with Gasteiger partial charge < -0.3 is 0 Å². The molecule has 0 spiro atoms. The minimum Gasteiger partial charge on any atom is -0.0928 e. The molecule has 0 radical (unpaired) electrons. The average Bonchev–Trinajstić information content (AvgIpc) is 2.37. The summed E-state index contributed by atoms with van der Waals surface area (Å²) in [5.41, 5.74) is 1.44. The zero-order valence-electron chi connectivity index (χ0n) is 9.70. The number of benzene rings is 2. The molecular weight excluding hydrogens is 340 g/mol. The van der Waals surface area contributed by atoms with Crippen LogP contribution in [-0.2, 0) is 6.42 Å². The lowest BCUT2D eigenvalue weighted by atomic mass is 10.00. The van der Waals surface area contributed by atoms with Gasteiger partial charge in [-0.15, -0.1) is 0 Å². The van der Waals surface area contributed by atoms with E-state index in [0.717, 1.165) is 11.8 Å². The van der Waals surface area contributed by atoms with Gasteiger partial charge in [-0.05, 0) is 35.6 Å². The summed E-state index contributed by atoms with van der Waals surface area (Å²) in [5.74, 6) is 0. The van der Waals surface area contributed by atoms with E-state index in [1.165, 1.54) is 29.2 Å². The Hall–Kier alpha value is -0.340. The maximum atomic E-state index is 3.78. The fraction of sp³-hybridized carbons (Fsp3) is 0.333. The monoisotopic (exact) mass is 354 g/mol. The quantitative estimate of drug-likeness (QED) is 0.636. The van der Waals surface area contributed by atoms with Gasteiger partial charge in [-0.2, -0.15) is 0 Å². The molecule has 2 heteroatoms. The smallest absolute Gasteiger partial charge is 0.0186 e. The van der Waals surface area contributed by atoms with Gasteiger partial charge in [0, 0.05) is 10.2 Å². The Morgan fingerprint density at radius 2 is 1.76 bits per heavy atom. The Kier molecular flexibility index (Phi) is 5.05. The van der Waals surface area contributed by atoms with Crippen LogP contribution in [0.25, 0.3) is 10.8 Å². The standard InChI is InChI=1S/C15H16Br2/c16-10-4-8-14(17)11-13-7-3-6-12-5-1-2-9-15(12)13/h1-3,5-7,9,14H,4,8,10-11H2. The Labute approximate surface area is 120 Å².